The first-order valence-electron chi connectivity index (χ1n) is 4.52. The van der Waals surface area contributed by atoms with E-state index in [-0.39, 0.29) is 6.54 Å². The van der Waals surface area contributed by atoms with Crippen LogP contribution >= 0.6 is 0 Å². The van der Waals surface area contributed by atoms with Crippen LogP contribution in [0.3, 0.4) is 0 Å². The number of hydrogen-bond acceptors (Lipinski definition) is 3. The van der Waals surface area contributed by atoms with E-state index in [1.165, 1.54) is 0 Å². The zero-order chi connectivity index (χ0) is 12.0. The molecule has 1 rings (SSSR count). The van der Waals surface area contributed by atoms with Gasteiger partial charge in [0.1, 0.15) is 0 Å². The van der Waals surface area contributed by atoms with Crippen LogP contribution in [0.25, 0.3) is 0 Å². The fourth-order valence-electron chi connectivity index (χ4n) is 0.990. The quantitative estimate of drug-likeness (QED) is 0.679. The maximum Gasteiger partial charge on any atom is 0.319 e. The fourth-order valence-corrected chi connectivity index (χ4v) is 1.35. The molecular formula is C9H12N2O4S. The second kappa shape index (κ2) is 5.47. The van der Waals surface area contributed by atoms with Crippen molar-refractivity contribution < 1.29 is 17.8 Å². The largest absolute Gasteiger partial charge is 0.337 e. The molecule has 3 N–H and O–H groups in total. The van der Waals surface area contributed by atoms with E-state index >= 15 is 0 Å². The second-order valence-electron chi connectivity index (χ2n) is 3.03. The minimum Gasteiger partial charge on any atom is -0.337 e. The monoisotopic (exact) mass is 244 g/mol. The lowest BCUT2D eigenvalue weighted by Gasteiger charge is -2.06. The molecule has 0 atom stereocenters. The highest BCUT2D eigenvalue weighted by molar-refractivity contribution is 7.85. The molecule has 16 heavy (non-hydrogen) atoms. The van der Waals surface area contributed by atoms with Crippen LogP contribution < -0.4 is 10.6 Å². The molecule has 0 bridgehead atoms. The number of rotatable bonds is 4. The van der Waals surface area contributed by atoms with Crippen LogP contribution in [0.5, 0.6) is 0 Å². The highest BCUT2D eigenvalue weighted by Gasteiger charge is 2.05. The van der Waals surface area contributed by atoms with E-state index in [1.54, 1.807) is 30.3 Å². The number of amides is 2. The average molecular weight is 244 g/mol. The van der Waals surface area contributed by atoms with Crippen LogP contribution in [-0.4, -0.2) is 31.3 Å². The van der Waals surface area contributed by atoms with E-state index in [2.05, 4.69) is 10.6 Å². The van der Waals surface area contributed by atoms with Gasteiger partial charge in [-0.1, -0.05) is 18.2 Å². The summed E-state index contributed by atoms with van der Waals surface area (Å²) in [5.74, 6) is -0.505. The standard InChI is InChI=1S/C9H12N2O4S/c12-9(10-6-7-16(13,14)15)11-8-4-2-1-3-5-8/h1-5H,6-7H2,(H2,10,11,12)(H,13,14,15). The summed E-state index contributed by atoms with van der Waals surface area (Å²) in [7, 11) is -4.04. The summed E-state index contributed by atoms with van der Waals surface area (Å²) >= 11 is 0. The summed E-state index contributed by atoms with van der Waals surface area (Å²) in [5.41, 5.74) is 0.604. The molecule has 0 unspecified atom stereocenters. The van der Waals surface area contributed by atoms with Crippen LogP contribution in [0.2, 0.25) is 0 Å². The first-order chi connectivity index (χ1) is 7.47. The van der Waals surface area contributed by atoms with Crippen LogP contribution in [0, 0.1) is 0 Å². The Hall–Kier alpha value is -1.60. The van der Waals surface area contributed by atoms with Gasteiger partial charge in [-0.05, 0) is 12.1 Å². The minimum atomic E-state index is -4.04. The molecule has 1 aromatic carbocycles. The first kappa shape index (κ1) is 12.5. The Labute approximate surface area is 93.4 Å². The van der Waals surface area contributed by atoms with E-state index in [9.17, 15) is 13.2 Å². The van der Waals surface area contributed by atoms with Crippen molar-refractivity contribution >= 4 is 21.8 Å². The van der Waals surface area contributed by atoms with Crippen molar-refractivity contribution in [1.82, 2.24) is 5.32 Å². The van der Waals surface area contributed by atoms with Crippen LogP contribution in [0.4, 0.5) is 10.5 Å². The maximum absolute atomic E-state index is 11.2. The van der Waals surface area contributed by atoms with Crippen LogP contribution in [-0.2, 0) is 10.1 Å². The molecule has 0 saturated heterocycles. The van der Waals surface area contributed by atoms with Crippen LogP contribution in [0.15, 0.2) is 30.3 Å². The van der Waals surface area contributed by atoms with Gasteiger partial charge in [0.2, 0.25) is 0 Å². The Bertz CT molecular complexity index is 444. The fraction of sp³-hybridized carbons (Fsp3) is 0.222. The Balaban J connectivity index is 2.32. The van der Waals surface area contributed by atoms with Gasteiger partial charge in [0.25, 0.3) is 10.1 Å². The number of anilines is 1. The zero-order valence-corrected chi connectivity index (χ0v) is 9.20. The highest BCUT2D eigenvalue weighted by atomic mass is 32.2. The third kappa shape index (κ3) is 5.32. The molecule has 0 aromatic heterocycles. The van der Waals surface area contributed by atoms with Crippen molar-refractivity contribution in [2.45, 2.75) is 0 Å². The van der Waals surface area contributed by atoms with Crippen molar-refractivity contribution in [3.63, 3.8) is 0 Å². The van der Waals surface area contributed by atoms with E-state index in [1.807, 2.05) is 0 Å². The Morgan fingerprint density at radius 3 is 2.44 bits per heavy atom. The molecule has 6 nitrogen and oxygen atoms in total. The summed E-state index contributed by atoms with van der Waals surface area (Å²) in [5, 5.41) is 4.80. The second-order valence-corrected chi connectivity index (χ2v) is 4.61. The molecule has 0 radical (unpaired) electrons. The normalized spacial score (nSPS) is 10.8. The van der Waals surface area contributed by atoms with E-state index in [0.29, 0.717) is 5.69 Å². The summed E-state index contributed by atoms with van der Waals surface area (Å²) < 4.78 is 29.1. The van der Waals surface area contributed by atoms with E-state index in [0.717, 1.165) is 0 Å². The number of hydrogen-bond donors (Lipinski definition) is 3. The molecule has 0 aliphatic carbocycles. The predicted molar refractivity (Wildman–Crippen MR) is 59.9 cm³/mol. The molecule has 0 spiro atoms. The zero-order valence-electron chi connectivity index (χ0n) is 8.38. The van der Waals surface area contributed by atoms with Gasteiger partial charge >= 0.3 is 6.03 Å². The van der Waals surface area contributed by atoms with Crippen molar-refractivity contribution in [3.05, 3.63) is 30.3 Å². The molecule has 2 amide bonds. The van der Waals surface area contributed by atoms with Crippen molar-refractivity contribution in [2.24, 2.45) is 0 Å². The van der Waals surface area contributed by atoms with Gasteiger partial charge in [-0.3, -0.25) is 4.55 Å². The molecule has 1 aromatic rings. The van der Waals surface area contributed by atoms with E-state index in [4.69, 9.17) is 4.55 Å². The summed E-state index contributed by atoms with van der Waals surface area (Å²) in [6, 6.07) is 8.20. The number of para-hydroxylation sites is 1. The SMILES string of the molecule is O=C(NCCS(=O)(=O)O)Nc1ccccc1. The van der Waals surface area contributed by atoms with Gasteiger partial charge in [-0.15, -0.1) is 0 Å². The number of carbonyl (C=O) groups excluding carboxylic acids is 1. The smallest absolute Gasteiger partial charge is 0.319 e. The summed E-state index contributed by atoms with van der Waals surface area (Å²) in [6.07, 6.45) is 0. The lowest BCUT2D eigenvalue weighted by Crippen LogP contribution is -2.32. The topological polar surface area (TPSA) is 95.5 Å². The maximum atomic E-state index is 11.2. The molecule has 0 fully saturated rings. The average Bonchev–Trinajstić information content (AvgIpc) is 2.17. The summed E-state index contributed by atoms with van der Waals surface area (Å²) in [6.45, 7) is -0.141. The van der Waals surface area contributed by atoms with E-state index < -0.39 is 21.9 Å². The first-order valence-corrected chi connectivity index (χ1v) is 6.13. The number of benzene rings is 1. The Morgan fingerprint density at radius 1 is 1.25 bits per heavy atom. The third-order valence-corrected chi connectivity index (χ3v) is 2.40. The number of carbonyl (C=O) groups is 1. The van der Waals surface area contributed by atoms with Crippen LogP contribution in [0.1, 0.15) is 0 Å². The minimum absolute atomic E-state index is 0.141. The highest BCUT2D eigenvalue weighted by Crippen LogP contribution is 2.03. The van der Waals surface area contributed by atoms with Crippen molar-refractivity contribution in [1.29, 1.82) is 0 Å². The van der Waals surface area contributed by atoms with Gasteiger partial charge in [-0.2, -0.15) is 8.42 Å². The van der Waals surface area contributed by atoms with Gasteiger partial charge < -0.3 is 10.6 Å². The molecule has 0 aliphatic heterocycles. The van der Waals surface area contributed by atoms with Crippen molar-refractivity contribution in [2.75, 3.05) is 17.6 Å². The summed E-state index contributed by atoms with van der Waals surface area (Å²) in [4.78, 5) is 11.2. The lowest BCUT2D eigenvalue weighted by atomic mass is 10.3. The van der Waals surface area contributed by atoms with Gasteiger partial charge in [0.15, 0.2) is 0 Å². The lowest BCUT2D eigenvalue weighted by molar-refractivity contribution is 0.252. The number of urea groups is 1. The number of nitrogens with one attached hydrogen (secondary N) is 2. The predicted octanol–water partition coefficient (Wildman–Crippen LogP) is 0.696. The van der Waals surface area contributed by atoms with Gasteiger partial charge in [0.05, 0.1) is 5.75 Å². The van der Waals surface area contributed by atoms with Crippen molar-refractivity contribution in [3.8, 4) is 0 Å². The Kier molecular flexibility index (Phi) is 4.27. The molecule has 0 aliphatic rings. The molecule has 88 valence electrons. The molecular weight excluding hydrogens is 232 g/mol. The molecule has 7 heteroatoms. The van der Waals surface area contributed by atoms with Gasteiger partial charge in [0, 0.05) is 12.2 Å². The third-order valence-electron chi connectivity index (χ3n) is 1.68. The van der Waals surface area contributed by atoms with Gasteiger partial charge in [-0.25, -0.2) is 4.79 Å². The molecule has 0 saturated carbocycles. The molecule has 0 heterocycles. The Morgan fingerprint density at radius 2 is 1.88 bits per heavy atom.